The number of carbonyl (C=O) groups excluding carboxylic acids is 2. The number of hydrogen-bond donors (Lipinski definition) is 0. The third-order valence-electron chi connectivity index (χ3n) is 4.63. The topological polar surface area (TPSA) is 54.8 Å². The van der Waals surface area contributed by atoms with Crippen molar-refractivity contribution in [2.45, 2.75) is 32.7 Å². The van der Waals surface area contributed by atoms with Gasteiger partial charge in [-0.2, -0.15) is 0 Å². The molecule has 6 nitrogen and oxygen atoms in total. The fourth-order valence-electron chi connectivity index (χ4n) is 3.28. The van der Waals surface area contributed by atoms with Gasteiger partial charge in [-0.15, -0.1) is 0 Å². The van der Waals surface area contributed by atoms with E-state index in [0.29, 0.717) is 32.2 Å². The number of methoxy groups -OCH3 is 1. The number of rotatable bonds is 2. The Morgan fingerprint density at radius 2 is 1.68 bits per heavy atom. The minimum atomic E-state index is -0.320. The molecule has 0 N–H and O–H groups in total. The molecule has 1 aromatic rings. The first-order valence-corrected chi connectivity index (χ1v) is 7.83. The van der Waals surface area contributed by atoms with E-state index in [0.717, 1.165) is 17.0 Å². The van der Waals surface area contributed by atoms with E-state index < -0.39 is 0 Å². The summed E-state index contributed by atoms with van der Waals surface area (Å²) in [6, 6.07) is 2.58. The highest BCUT2D eigenvalue weighted by molar-refractivity contribution is 5.96. The largest absolute Gasteiger partial charge is 0.453 e. The summed E-state index contributed by atoms with van der Waals surface area (Å²) in [6.45, 7) is 6.27. The van der Waals surface area contributed by atoms with Gasteiger partial charge in [0.2, 0.25) is 0 Å². The molecule has 0 unspecified atom stereocenters. The van der Waals surface area contributed by atoms with Gasteiger partial charge in [-0.05, 0) is 32.8 Å². The van der Waals surface area contributed by atoms with Gasteiger partial charge in [0.1, 0.15) is 0 Å². The zero-order valence-electron chi connectivity index (χ0n) is 13.5. The lowest BCUT2D eigenvalue weighted by Gasteiger charge is -2.33. The molecule has 0 bridgehead atoms. The van der Waals surface area contributed by atoms with E-state index in [-0.39, 0.29) is 12.0 Å². The highest BCUT2D eigenvalue weighted by atomic mass is 16.5. The van der Waals surface area contributed by atoms with Crippen molar-refractivity contribution in [2.75, 3.05) is 33.3 Å². The first-order valence-electron chi connectivity index (χ1n) is 7.83. The van der Waals surface area contributed by atoms with Crippen LogP contribution in [0.3, 0.4) is 0 Å². The fraction of sp³-hybridized carbons (Fsp3) is 0.625. The van der Waals surface area contributed by atoms with Crippen molar-refractivity contribution in [3.05, 3.63) is 23.0 Å². The van der Waals surface area contributed by atoms with Crippen molar-refractivity contribution in [1.82, 2.24) is 14.4 Å². The van der Waals surface area contributed by atoms with Gasteiger partial charge in [-0.1, -0.05) is 0 Å². The summed E-state index contributed by atoms with van der Waals surface area (Å²) in [5.74, 6) is 0.0736. The second-order valence-corrected chi connectivity index (χ2v) is 6.14. The number of ether oxygens (including phenoxy) is 1. The van der Waals surface area contributed by atoms with E-state index >= 15 is 0 Å². The van der Waals surface area contributed by atoms with Gasteiger partial charge in [0, 0.05) is 43.6 Å². The molecule has 1 saturated heterocycles. The lowest BCUT2D eigenvalue weighted by Crippen LogP contribution is -2.50. The summed E-state index contributed by atoms with van der Waals surface area (Å²) >= 11 is 0. The van der Waals surface area contributed by atoms with Gasteiger partial charge in [0.25, 0.3) is 5.91 Å². The highest BCUT2D eigenvalue weighted by Gasteiger charge is 2.31. The molecule has 0 atom stereocenters. The summed E-state index contributed by atoms with van der Waals surface area (Å²) in [5.41, 5.74) is 3.04. The zero-order chi connectivity index (χ0) is 15.9. The van der Waals surface area contributed by atoms with E-state index in [1.165, 1.54) is 20.0 Å². The number of aryl methyl sites for hydroxylation is 1. The molecule has 0 radical (unpaired) electrons. The SMILES string of the molecule is COC(=O)N1CCN(C(=O)c2cc(C)n(C3CC3)c2C)CC1. The van der Waals surface area contributed by atoms with Crippen LogP contribution in [-0.2, 0) is 4.74 Å². The lowest BCUT2D eigenvalue weighted by molar-refractivity contribution is 0.0599. The highest BCUT2D eigenvalue weighted by Crippen LogP contribution is 2.38. The molecule has 1 saturated carbocycles. The summed E-state index contributed by atoms with van der Waals surface area (Å²) in [4.78, 5) is 27.7. The molecule has 1 aliphatic heterocycles. The van der Waals surface area contributed by atoms with Crippen molar-refractivity contribution < 1.29 is 14.3 Å². The standard InChI is InChI=1S/C16H23N3O3/c1-11-10-14(12(2)19(11)13-4-5-13)15(20)17-6-8-18(9-7-17)16(21)22-3/h10,13H,4-9H2,1-3H3. The monoisotopic (exact) mass is 305 g/mol. The van der Waals surface area contributed by atoms with Crippen LogP contribution in [0, 0.1) is 13.8 Å². The van der Waals surface area contributed by atoms with Gasteiger partial charge >= 0.3 is 6.09 Å². The first-order chi connectivity index (χ1) is 10.5. The normalized spacial score (nSPS) is 18.5. The molecular formula is C16H23N3O3. The smallest absolute Gasteiger partial charge is 0.409 e. The van der Waals surface area contributed by atoms with Crippen molar-refractivity contribution >= 4 is 12.0 Å². The van der Waals surface area contributed by atoms with E-state index in [4.69, 9.17) is 4.74 Å². The van der Waals surface area contributed by atoms with Crippen LogP contribution in [-0.4, -0.2) is 59.7 Å². The summed E-state index contributed by atoms with van der Waals surface area (Å²) in [6.07, 6.45) is 2.10. The van der Waals surface area contributed by atoms with Crippen LogP contribution in [0.4, 0.5) is 4.79 Å². The van der Waals surface area contributed by atoms with Crippen LogP contribution in [0.1, 0.15) is 40.6 Å². The number of nitrogens with zero attached hydrogens (tertiary/aromatic N) is 3. The molecule has 2 fully saturated rings. The Bertz CT molecular complexity index is 596. The summed E-state index contributed by atoms with van der Waals surface area (Å²) in [7, 11) is 1.38. The molecule has 2 aliphatic rings. The van der Waals surface area contributed by atoms with Crippen LogP contribution in [0.5, 0.6) is 0 Å². The second kappa shape index (κ2) is 5.66. The predicted molar refractivity (Wildman–Crippen MR) is 82.1 cm³/mol. The predicted octanol–water partition coefficient (Wildman–Crippen LogP) is 1.96. The number of aromatic nitrogens is 1. The maximum Gasteiger partial charge on any atom is 0.409 e. The quantitative estimate of drug-likeness (QED) is 0.839. The van der Waals surface area contributed by atoms with E-state index in [2.05, 4.69) is 11.5 Å². The third-order valence-corrected chi connectivity index (χ3v) is 4.63. The molecule has 2 amide bonds. The number of amides is 2. The van der Waals surface area contributed by atoms with Crippen LogP contribution in [0.15, 0.2) is 6.07 Å². The molecular weight excluding hydrogens is 282 g/mol. The summed E-state index contributed by atoms with van der Waals surface area (Å²) < 4.78 is 7.01. The van der Waals surface area contributed by atoms with E-state index in [1.54, 1.807) is 4.90 Å². The average Bonchev–Trinajstić information content (AvgIpc) is 3.31. The van der Waals surface area contributed by atoms with Crippen molar-refractivity contribution in [3.63, 3.8) is 0 Å². The second-order valence-electron chi connectivity index (χ2n) is 6.14. The average molecular weight is 305 g/mol. The number of piperazine rings is 1. The van der Waals surface area contributed by atoms with E-state index in [9.17, 15) is 9.59 Å². The summed E-state index contributed by atoms with van der Waals surface area (Å²) in [5, 5.41) is 0. The van der Waals surface area contributed by atoms with Gasteiger partial charge in [0.15, 0.2) is 0 Å². The van der Waals surface area contributed by atoms with Crippen molar-refractivity contribution in [3.8, 4) is 0 Å². The first kappa shape index (κ1) is 14.9. The third kappa shape index (κ3) is 2.58. The Labute approximate surface area is 130 Å². The Hall–Kier alpha value is -1.98. The Morgan fingerprint density at radius 1 is 1.09 bits per heavy atom. The maximum atomic E-state index is 12.8. The minimum absolute atomic E-state index is 0.0736. The van der Waals surface area contributed by atoms with Crippen LogP contribution in [0.2, 0.25) is 0 Å². The maximum absolute atomic E-state index is 12.8. The lowest BCUT2D eigenvalue weighted by atomic mass is 10.2. The van der Waals surface area contributed by atoms with Gasteiger partial charge in [-0.3, -0.25) is 4.79 Å². The molecule has 120 valence electrons. The van der Waals surface area contributed by atoms with E-state index in [1.807, 2.05) is 17.9 Å². The Kier molecular flexibility index (Phi) is 3.85. The molecule has 0 spiro atoms. The Balaban J connectivity index is 1.70. The van der Waals surface area contributed by atoms with Crippen LogP contribution < -0.4 is 0 Å². The van der Waals surface area contributed by atoms with Gasteiger partial charge < -0.3 is 19.1 Å². The van der Waals surface area contributed by atoms with Gasteiger partial charge in [-0.25, -0.2) is 4.79 Å². The molecule has 1 aliphatic carbocycles. The van der Waals surface area contributed by atoms with Gasteiger partial charge in [0.05, 0.1) is 12.7 Å². The molecule has 0 aromatic carbocycles. The van der Waals surface area contributed by atoms with Crippen molar-refractivity contribution in [2.24, 2.45) is 0 Å². The molecule has 3 rings (SSSR count). The van der Waals surface area contributed by atoms with Crippen molar-refractivity contribution in [1.29, 1.82) is 0 Å². The minimum Gasteiger partial charge on any atom is -0.453 e. The number of carbonyl (C=O) groups is 2. The Morgan fingerprint density at radius 3 is 2.23 bits per heavy atom. The fourth-order valence-corrected chi connectivity index (χ4v) is 3.28. The molecule has 6 heteroatoms. The zero-order valence-corrected chi connectivity index (χ0v) is 13.5. The van der Waals surface area contributed by atoms with Crippen LogP contribution in [0.25, 0.3) is 0 Å². The molecule has 1 aromatic heterocycles. The molecule has 2 heterocycles. The van der Waals surface area contributed by atoms with Crippen LogP contribution >= 0.6 is 0 Å². The molecule has 22 heavy (non-hydrogen) atoms. The number of hydrogen-bond acceptors (Lipinski definition) is 3.